The van der Waals surface area contributed by atoms with Crippen molar-refractivity contribution in [3.05, 3.63) is 53.6 Å². The zero-order valence-electron chi connectivity index (χ0n) is 19.5. The minimum atomic E-state index is -0.835. The molecule has 0 spiro atoms. The lowest BCUT2D eigenvalue weighted by Crippen LogP contribution is -2.50. The number of benzene rings is 1. The SMILES string of the molecule is COC(=O)N[C@@H](Cc1cnc(C23CC4CC(CC(C4)C2)C3)n1Cc1ccccc1)C(=O)OC. The van der Waals surface area contributed by atoms with Gasteiger partial charge in [-0.25, -0.2) is 14.6 Å². The number of hydrogen-bond donors (Lipinski definition) is 1. The number of nitrogens with one attached hydrogen (secondary N) is 1. The average molecular weight is 452 g/mol. The van der Waals surface area contributed by atoms with Gasteiger partial charge in [0.2, 0.25) is 0 Å². The Bertz CT molecular complexity index is 981. The van der Waals surface area contributed by atoms with E-state index < -0.39 is 18.1 Å². The van der Waals surface area contributed by atoms with Crippen molar-refractivity contribution < 1.29 is 19.1 Å². The summed E-state index contributed by atoms with van der Waals surface area (Å²) in [5.41, 5.74) is 2.24. The second-order valence-corrected chi connectivity index (χ2v) is 10.3. The number of nitrogens with zero attached hydrogens (tertiary/aromatic N) is 2. The van der Waals surface area contributed by atoms with E-state index in [2.05, 4.69) is 22.0 Å². The van der Waals surface area contributed by atoms with Crippen LogP contribution in [0.3, 0.4) is 0 Å². The summed E-state index contributed by atoms with van der Waals surface area (Å²) < 4.78 is 12.0. The van der Waals surface area contributed by atoms with E-state index in [9.17, 15) is 9.59 Å². The third-order valence-electron chi connectivity index (χ3n) is 8.01. The summed E-state index contributed by atoms with van der Waals surface area (Å²) in [6.45, 7) is 0.694. The number of methoxy groups -OCH3 is 2. The van der Waals surface area contributed by atoms with Gasteiger partial charge in [0.25, 0.3) is 0 Å². The first-order valence-corrected chi connectivity index (χ1v) is 12.0. The first-order valence-electron chi connectivity index (χ1n) is 12.0. The molecule has 2 aromatic rings. The van der Waals surface area contributed by atoms with Crippen molar-refractivity contribution in [2.75, 3.05) is 14.2 Å². The van der Waals surface area contributed by atoms with Gasteiger partial charge in [0.1, 0.15) is 11.9 Å². The fourth-order valence-electron chi connectivity index (χ4n) is 7.07. The highest BCUT2D eigenvalue weighted by atomic mass is 16.5. The van der Waals surface area contributed by atoms with Crippen LogP contribution in [0.25, 0.3) is 0 Å². The third-order valence-corrected chi connectivity index (χ3v) is 8.01. The molecule has 1 heterocycles. The summed E-state index contributed by atoms with van der Waals surface area (Å²) in [4.78, 5) is 29.3. The van der Waals surface area contributed by atoms with E-state index in [-0.39, 0.29) is 5.41 Å². The van der Waals surface area contributed by atoms with Crippen LogP contribution in [-0.4, -0.2) is 41.9 Å². The first kappa shape index (κ1) is 22.0. The normalized spacial score (nSPS) is 28.4. The predicted molar refractivity (Wildman–Crippen MR) is 123 cm³/mol. The molecule has 7 nitrogen and oxygen atoms in total. The lowest BCUT2D eigenvalue weighted by atomic mass is 9.49. The zero-order valence-corrected chi connectivity index (χ0v) is 19.5. The number of rotatable bonds is 7. The topological polar surface area (TPSA) is 82.5 Å². The Morgan fingerprint density at radius 1 is 1.06 bits per heavy atom. The molecule has 1 aromatic heterocycles. The first-order chi connectivity index (χ1) is 16.0. The zero-order chi connectivity index (χ0) is 23.0. The number of carbonyl (C=O) groups excluding carboxylic acids is 2. The highest BCUT2D eigenvalue weighted by molar-refractivity contribution is 5.81. The number of alkyl carbamates (subject to hydrolysis) is 1. The number of carbonyl (C=O) groups is 2. The van der Waals surface area contributed by atoms with Crippen molar-refractivity contribution >= 4 is 12.1 Å². The number of esters is 1. The predicted octanol–water partition coefficient (Wildman–Crippen LogP) is 3.84. The molecular formula is C26H33N3O4. The molecular weight excluding hydrogens is 418 g/mol. The maximum atomic E-state index is 12.4. The van der Waals surface area contributed by atoms with E-state index in [0.717, 1.165) is 29.3 Å². The minimum Gasteiger partial charge on any atom is -0.467 e. The molecule has 4 aliphatic carbocycles. The number of aromatic nitrogens is 2. The average Bonchev–Trinajstić information content (AvgIpc) is 3.20. The van der Waals surface area contributed by atoms with Gasteiger partial charge in [0.05, 0.1) is 14.2 Å². The van der Waals surface area contributed by atoms with Crippen molar-refractivity contribution in [2.24, 2.45) is 17.8 Å². The molecule has 4 aliphatic rings. The van der Waals surface area contributed by atoms with Gasteiger partial charge in [-0.3, -0.25) is 0 Å². The van der Waals surface area contributed by atoms with E-state index >= 15 is 0 Å². The Kier molecular flexibility index (Phi) is 5.89. The largest absolute Gasteiger partial charge is 0.467 e. The molecule has 4 fully saturated rings. The Morgan fingerprint density at radius 3 is 2.27 bits per heavy atom. The molecule has 4 bridgehead atoms. The highest BCUT2D eigenvalue weighted by Gasteiger charge is 2.53. The van der Waals surface area contributed by atoms with Gasteiger partial charge in [0, 0.05) is 30.3 Å². The molecule has 1 atom stereocenters. The van der Waals surface area contributed by atoms with Crippen LogP contribution in [-0.2, 0) is 32.6 Å². The molecule has 0 aliphatic heterocycles. The van der Waals surface area contributed by atoms with Crippen LogP contribution in [0.4, 0.5) is 4.79 Å². The van der Waals surface area contributed by atoms with Gasteiger partial charge < -0.3 is 19.4 Å². The van der Waals surface area contributed by atoms with Crippen LogP contribution in [0.2, 0.25) is 0 Å². The van der Waals surface area contributed by atoms with E-state index in [0.29, 0.717) is 13.0 Å². The van der Waals surface area contributed by atoms with E-state index in [4.69, 9.17) is 14.5 Å². The van der Waals surface area contributed by atoms with Gasteiger partial charge in [0.15, 0.2) is 0 Å². The second-order valence-electron chi connectivity index (χ2n) is 10.3. The molecule has 0 radical (unpaired) electrons. The molecule has 1 amide bonds. The molecule has 4 saturated carbocycles. The fraction of sp³-hybridized carbons (Fsp3) is 0.577. The lowest BCUT2D eigenvalue weighted by molar-refractivity contribution is -0.143. The molecule has 0 unspecified atom stereocenters. The molecule has 6 rings (SSSR count). The smallest absolute Gasteiger partial charge is 0.407 e. The van der Waals surface area contributed by atoms with Gasteiger partial charge >= 0.3 is 12.1 Å². The summed E-state index contributed by atoms with van der Waals surface area (Å²) in [5.74, 6) is 3.09. The number of imidazole rings is 1. The number of ether oxygens (including phenoxy) is 2. The van der Waals surface area contributed by atoms with Crippen molar-refractivity contribution in [3.63, 3.8) is 0 Å². The molecule has 1 N–H and O–H groups in total. The van der Waals surface area contributed by atoms with Crippen LogP contribution in [0.15, 0.2) is 36.5 Å². The maximum Gasteiger partial charge on any atom is 0.407 e. The van der Waals surface area contributed by atoms with Crippen LogP contribution < -0.4 is 5.32 Å². The maximum absolute atomic E-state index is 12.4. The van der Waals surface area contributed by atoms with Crippen molar-refractivity contribution in [1.82, 2.24) is 14.9 Å². The summed E-state index contributed by atoms with van der Waals surface area (Å²) >= 11 is 0. The van der Waals surface area contributed by atoms with E-state index in [1.165, 1.54) is 58.3 Å². The van der Waals surface area contributed by atoms with E-state index in [1.807, 2.05) is 24.4 Å². The van der Waals surface area contributed by atoms with Crippen LogP contribution in [0, 0.1) is 17.8 Å². The molecule has 0 saturated heterocycles. The van der Waals surface area contributed by atoms with Gasteiger partial charge in [-0.15, -0.1) is 0 Å². The summed E-state index contributed by atoms with van der Waals surface area (Å²) in [6.07, 6.45) is 9.30. The molecule has 176 valence electrons. The Hall–Kier alpha value is -2.83. The van der Waals surface area contributed by atoms with Crippen LogP contribution in [0.5, 0.6) is 0 Å². The molecule has 7 heteroatoms. The quantitative estimate of drug-likeness (QED) is 0.647. The lowest BCUT2D eigenvalue weighted by Gasteiger charge is -2.56. The molecule has 33 heavy (non-hydrogen) atoms. The summed E-state index contributed by atoms with van der Waals surface area (Å²) in [5, 5.41) is 2.62. The van der Waals surface area contributed by atoms with E-state index in [1.54, 1.807) is 0 Å². The van der Waals surface area contributed by atoms with Crippen molar-refractivity contribution in [3.8, 4) is 0 Å². The van der Waals surface area contributed by atoms with Crippen LogP contribution >= 0.6 is 0 Å². The van der Waals surface area contributed by atoms with Crippen molar-refractivity contribution in [1.29, 1.82) is 0 Å². The Labute approximate surface area is 194 Å². The Balaban J connectivity index is 1.51. The fourth-order valence-corrected chi connectivity index (χ4v) is 7.07. The highest BCUT2D eigenvalue weighted by Crippen LogP contribution is 2.60. The monoisotopic (exact) mass is 451 g/mol. The van der Waals surface area contributed by atoms with Crippen LogP contribution in [0.1, 0.15) is 55.6 Å². The third kappa shape index (κ3) is 4.25. The standard InChI is InChI=1S/C26H33N3O4/c1-32-23(30)22(28-25(31)33-2)11-21-15-27-24(29(21)16-17-6-4-3-5-7-17)26-12-18-8-19(13-26)10-20(9-18)14-26/h3-7,15,18-20,22H,8-14,16H2,1-2H3,(H,28,31)/t18?,19?,20?,22-,26?/m0/s1. The number of hydrogen-bond acceptors (Lipinski definition) is 5. The number of amides is 1. The minimum absolute atomic E-state index is 0.123. The second kappa shape index (κ2) is 8.84. The van der Waals surface area contributed by atoms with Crippen molar-refractivity contribution in [2.45, 2.75) is 62.9 Å². The Morgan fingerprint density at radius 2 is 1.70 bits per heavy atom. The van der Waals surface area contributed by atoms with Gasteiger partial charge in [-0.1, -0.05) is 30.3 Å². The summed E-state index contributed by atoms with van der Waals surface area (Å²) in [6, 6.07) is 9.53. The van der Waals surface area contributed by atoms with Gasteiger partial charge in [-0.2, -0.15) is 0 Å². The molecule has 1 aromatic carbocycles. The van der Waals surface area contributed by atoms with Gasteiger partial charge in [-0.05, 0) is 61.8 Å². The summed E-state index contributed by atoms with van der Waals surface area (Å²) in [7, 11) is 2.62.